The fourth-order valence-corrected chi connectivity index (χ4v) is 3.59. The minimum Gasteiger partial charge on any atom is -0.466 e. The maximum Gasteiger partial charge on any atom is 0.338 e. The van der Waals surface area contributed by atoms with E-state index in [1.807, 2.05) is 0 Å². The highest BCUT2D eigenvalue weighted by atomic mass is 32.2. The molecular weight excluding hydrogens is 452 g/mol. The molecule has 1 heterocycles. The molecule has 2 aromatic carbocycles. The number of thioether (sulfide) groups is 1. The number of rotatable bonds is 6. The number of hydrogen-bond donors (Lipinski definition) is 0. The van der Waals surface area contributed by atoms with Crippen molar-refractivity contribution in [2.24, 2.45) is 0 Å². The first-order valence-corrected chi connectivity index (χ1v) is 11.5. The highest BCUT2D eigenvalue weighted by molar-refractivity contribution is 8.22. The molecule has 1 fully saturated rings. The normalized spacial score (nSPS) is 24.9. The number of carbonyl (C=O) groups excluding carboxylic acids is 2. The summed E-state index contributed by atoms with van der Waals surface area (Å²) in [6.45, 7) is 1.71. The number of methoxy groups -OCH3 is 1. The van der Waals surface area contributed by atoms with Gasteiger partial charge >= 0.3 is 11.9 Å². The van der Waals surface area contributed by atoms with Crippen molar-refractivity contribution < 1.29 is 33.3 Å². The highest BCUT2D eigenvalue weighted by Gasteiger charge is 2.51. The number of carbonyl (C=O) groups is 2. The van der Waals surface area contributed by atoms with Crippen LogP contribution in [0.1, 0.15) is 27.6 Å². The van der Waals surface area contributed by atoms with Gasteiger partial charge in [0.2, 0.25) is 4.38 Å². The van der Waals surface area contributed by atoms with Crippen LogP contribution in [-0.4, -0.2) is 60.4 Å². The van der Waals surface area contributed by atoms with Gasteiger partial charge in [-0.05, 0) is 49.7 Å². The first kappa shape index (κ1) is 24.2. The minimum absolute atomic E-state index is 0.212. The fraction of sp³-hybridized carbons (Fsp3) is 0.348. The van der Waals surface area contributed by atoms with Crippen molar-refractivity contribution in [2.75, 3.05) is 13.4 Å². The average Bonchev–Trinajstić information content (AvgIpc) is 2.83. The lowest BCUT2D eigenvalue weighted by Crippen LogP contribution is -2.61. The fourth-order valence-electron chi connectivity index (χ4n) is 3.28. The van der Waals surface area contributed by atoms with E-state index in [4.69, 9.17) is 35.9 Å². The van der Waals surface area contributed by atoms with Crippen LogP contribution in [0.15, 0.2) is 60.7 Å². The molecular formula is C23H24O7S2. The zero-order valence-corrected chi connectivity index (χ0v) is 19.5. The Kier molecular flexibility index (Phi) is 8.63. The minimum atomic E-state index is -1.03. The van der Waals surface area contributed by atoms with Gasteiger partial charge in [-0.1, -0.05) is 48.2 Å². The zero-order valence-electron chi connectivity index (χ0n) is 17.8. The standard InChI is InChI=1S/C23H24O7S2/c1-14-17(28-20(24)15-10-6-4-7-11-15)18(29-21(25)16-12-8-5-9-13-16)19(22(26-2)27-14)30-23(31)32-3/h4-14,17-19,22H,1-3H3/t14-,17+,18+,19?,22-/m0/s1. The maximum atomic E-state index is 12.9. The molecule has 1 aliphatic heterocycles. The Labute approximate surface area is 196 Å². The molecule has 0 spiro atoms. The second-order valence-corrected chi connectivity index (χ2v) is 8.36. The molecule has 0 amide bonds. The zero-order chi connectivity index (χ0) is 23.1. The van der Waals surface area contributed by atoms with Crippen LogP contribution in [0.25, 0.3) is 0 Å². The Balaban J connectivity index is 1.92. The summed E-state index contributed by atoms with van der Waals surface area (Å²) in [7, 11) is 1.45. The van der Waals surface area contributed by atoms with Gasteiger partial charge in [-0.25, -0.2) is 9.59 Å². The molecule has 5 atom stereocenters. The number of ether oxygens (including phenoxy) is 5. The summed E-state index contributed by atoms with van der Waals surface area (Å²) >= 11 is 6.42. The third-order valence-electron chi connectivity index (χ3n) is 4.86. The van der Waals surface area contributed by atoms with Crippen LogP contribution in [0.3, 0.4) is 0 Å². The second kappa shape index (κ2) is 11.4. The van der Waals surface area contributed by atoms with Gasteiger partial charge in [0.15, 0.2) is 24.6 Å². The summed E-state index contributed by atoms with van der Waals surface area (Å²) in [5.41, 5.74) is 0.707. The molecule has 3 rings (SSSR count). The van der Waals surface area contributed by atoms with Gasteiger partial charge in [0.05, 0.1) is 17.2 Å². The predicted octanol–water partition coefficient (Wildman–Crippen LogP) is 3.86. The Bertz CT molecular complexity index is 922. The Morgan fingerprint density at radius 3 is 1.81 bits per heavy atom. The Morgan fingerprint density at radius 2 is 1.34 bits per heavy atom. The molecule has 1 unspecified atom stereocenters. The summed E-state index contributed by atoms with van der Waals surface area (Å²) < 4.78 is 28.9. The van der Waals surface area contributed by atoms with Gasteiger partial charge in [-0.15, -0.1) is 0 Å². The Hall–Kier alpha value is -2.46. The molecule has 0 aliphatic carbocycles. The van der Waals surface area contributed by atoms with Gasteiger partial charge in [-0.3, -0.25) is 0 Å². The molecule has 32 heavy (non-hydrogen) atoms. The number of thiocarbonyl (C=S) groups is 1. The molecule has 0 saturated carbocycles. The van der Waals surface area contributed by atoms with E-state index in [2.05, 4.69) is 0 Å². The summed E-state index contributed by atoms with van der Waals surface area (Å²) in [5, 5.41) is 0. The van der Waals surface area contributed by atoms with Crippen LogP contribution >= 0.6 is 24.0 Å². The highest BCUT2D eigenvalue weighted by Crippen LogP contribution is 2.31. The van der Waals surface area contributed by atoms with Gasteiger partial charge in [-0.2, -0.15) is 0 Å². The number of benzene rings is 2. The van der Waals surface area contributed by atoms with Crippen LogP contribution < -0.4 is 0 Å². The average molecular weight is 477 g/mol. The van der Waals surface area contributed by atoms with Crippen molar-refractivity contribution in [1.82, 2.24) is 0 Å². The summed E-state index contributed by atoms with van der Waals surface area (Å²) in [6.07, 6.45) is -2.73. The molecule has 1 saturated heterocycles. The smallest absolute Gasteiger partial charge is 0.338 e. The van der Waals surface area contributed by atoms with Crippen LogP contribution in [0, 0.1) is 0 Å². The van der Waals surface area contributed by atoms with Crippen molar-refractivity contribution in [3.8, 4) is 0 Å². The van der Waals surface area contributed by atoms with Crippen LogP contribution in [0.5, 0.6) is 0 Å². The third kappa shape index (κ3) is 5.86. The largest absolute Gasteiger partial charge is 0.466 e. The molecule has 2 aromatic rings. The molecule has 7 nitrogen and oxygen atoms in total. The molecule has 0 aromatic heterocycles. The van der Waals surface area contributed by atoms with Crippen molar-refractivity contribution in [3.05, 3.63) is 71.8 Å². The van der Waals surface area contributed by atoms with E-state index in [9.17, 15) is 9.59 Å². The van der Waals surface area contributed by atoms with Gasteiger partial charge < -0.3 is 23.7 Å². The first-order chi connectivity index (χ1) is 15.4. The predicted molar refractivity (Wildman–Crippen MR) is 124 cm³/mol. The monoisotopic (exact) mass is 476 g/mol. The van der Waals surface area contributed by atoms with E-state index < -0.39 is 42.6 Å². The van der Waals surface area contributed by atoms with Crippen molar-refractivity contribution in [3.63, 3.8) is 0 Å². The summed E-state index contributed by atoms with van der Waals surface area (Å²) in [5.74, 6) is -1.17. The SMILES string of the molecule is CO[C@H]1O[C@@H](C)[C@@H](OC(=O)c2ccccc2)[C@@H](OC(=O)c2ccccc2)C1OC(=S)SC. The van der Waals surface area contributed by atoms with Crippen molar-refractivity contribution in [2.45, 2.75) is 37.6 Å². The van der Waals surface area contributed by atoms with E-state index in [1.54, 1.807) is 73.8 Å². The number of esters is 2. The van der Waals surface area contributed by atoms with Crippen molar-refractivity contribution in [1.29, 1.82) is 0 Å². The van der Waals surface area contributed by atoms with Crippen LogP contribution in [0.2, 0.25) is 0 Å². The quantitative estimate of drug-likeness (QED) is 0.456. The molecule has 0 bridgehead atoms. The maximum absolute atomic E-state index is 12.9. The lowest BCUT2D eigenvalue weighted by atomic mass is 9.98. The van der Waals surface area contributed by atoms with Crippen molar-refractivity contribution >= 4 is 40.3 Å². The lowest BCUT2D eigenvalue weighted by Gasteiger charge is -2.43. The molecule has 0 radical (unpaired) electrons. The molecule has 9 heteroatoms. The van der Waals surface area contributed by atoms with E-state index in [0.29, 0.717) is 11.1 Å². The van der Waals surface area contributed by atoms with Crippen LogP contribution in [0.4, 0.5) is 0 Å². The summed E-state index contributed by atoms with van der Waals surface area (Å²) in [6, 6.07) is 17.0. The number of hydrogen-bond acceptors (Lipinski definition) is 9. The molecule has 1 aliphatic rings. The Morgan fingerprint density at radius 1 is 0.844 bits per heavy atom. The van der Waals surface area contributed by atoms with Gasteiger partial charge in [0.1, 0.15) is 0 Å². The van der Waals surface area contributed by atoms with E-state index in [0.717, 1.165) is 0 Å². The van der Waals surface area contributed by atoms with Crippen LogP contribution in [-0.2, 0) is 23.7 Å². The first-order valence-electron chi connectivity index (χ1n) is 9.89. The van der Waals surface area contributed by atoms with Gasteiger partial charge in [0.25, 0.3) is 0 Å². The topological polar surface area (TPSA) is 80.3 Å². The molecule has 170 valence electrons. The summed E-state index contributed by atoms with van der Waals surface area (Å²) in [4.78, 5) is 25.7. The van der Waals surface area contributed by atoms with E-state index in [1.165, 1.54) is 18.9 Å². The molecule has 0 N–H and O–H groups in total. The van der Waals surface area contributed by atoms with Gasteiger partial charge in [0, 0.05) is 7.11 Å². The van der Waals surface area contributed by atoms with E-state index >= 15 is 0 Å². The lowest BCUT2D eigenvalue weighted by molar-refractivity contribution is -0.280. The van der Waals surface area contributed by atoms with E-state index in [-0.39, 0.29) is 4.38 Å². The third-order valence-corrected chi connectivity index (χ3v) is 5.89. The second-order valence-electron chi connectivity index (χ2n) is 6.95.